The molecule has 0 saturated heterocycles. The van der Waals surface area contributed by atoms with Crippen LogP contribution >= 0.6 is 0 Å². The van der Waals surface area contributed by atoms with Crippen LogP contribution in [0.25, 0.3) is 0 Å². The molecule has 2 unspecified atom stereocenters. The third kappa shape index (κ3) is 3.69. The number of hydrogen-bond donors (Lipinski definition) is 0. The van der Waals surface area contributed by atoms with E-state index in [0.717, 1.165) is 5.56 Å². The largest absolute Gasteiger partial charge is 0.457 e. The minimum atomic E-state index is -0.784. The Morgan fingerprint density at radius 1 is 1.39 bits per heavy atom. The van der Waals surface area contributed by atoms with Crippen molar-refractivity contribution in [1.29, 1.82) is 0 Å². The summed E-state index contributed by atoms with van der Waals surface area (Å²) in [5.41, 5.74) is -0.0279. The summed E-state index contributed by atoms with van der Waals surface area (Å²) < 4.78 is 22.1. The molecule has 2 aliphatic rings. The van der Waals surface area contributed by atoms with Crippen molar-refractivity contribution in [3.05, 3.63) is 48.6 Å². The number of benzene rings is 1. The van der Waals surface area contributed by atoms with Crippen LogP contribution in [0.3, 0.4) is 0 Å². The van der Waals surface area contributed by atoms with Crippen molar-refractivity contribution >= 4 is 11.8 Å². The van der Waals surface area contributed by atoms with E-state index in [1.807, 2.05) is 19.1 Å². The number of methoxy groups -OCH3 is 1. The molecule has 1 aromatic rings. The quantitative estimate of drug-likeness (QED) is 0.525. The highest BCUT2D eigenvalue weighted by atomic mass is 16.7. The molecule has 3 rings (SSSR count). The van der Waals surface area contributed by atoms with E-state index in [2.05, 4.69) is 6.58 Å². The number of fused-ring (bicyclic) bond motifs is 1. The molecule has 0 spiro atoms. The van der Waals surface area contributed by atoms with Crippen LogP contribution in [0.2, 0.25) is 0 Å². The van der Waals surface area contributed by atoms with Gasteiger partial charge in [0, 0.05) is 25.4 Å². The van der Waals surface area contributed by atoms with E-state index in [-0.39, 0.29) is 24.6 Å². The third-order valence-corrected chi connectivity index (χ3v) is 5.67. The Morgan fingerprint density at radius 2 is 2.14 bits per heavy atom. The van der Waals surface area contributed by atoms with Gasteiger partial charge in [0.25, 0.3) is 0 Å². The number of ketones is 1. The van der Waals surface area contributed by atoms with Crippen LogP contribution in [0.1, 0.15) is 38.4 Å². The highest BCUT2D eigenvalue weighted by Gasteiger charge is 2.48. The molecule has 0 bridgehead atoms. The van der Waals surface area contributed by atoms with E-state index in [9.17, 15) is 9.59 Å². The zero-order chi connectivity index (χ0) is 20.3. The van der Waals surface area contributed by atoms with Gasteiger partial charge in [-0.25, -0.2) is 0 Å². The summed E-state index contributed by atoms with van der Waals surface area (Å²) >= 11 is 0. The first-order valence-corrected chi connectivity index (χ1v) is 9.34. The summed E-state index contributed by atoms with van der Waals surface area (Å²) in [7, 11) is 1.62. The number of rotatable bonds is 7. The fourth-order valence-electron chi connectivity index (χ4n) is 4.11. The second-order valence-electron chi connectivity index (χ2n) is 7.28. The maximum atomic E-state index is 13.0. The number of allylic oxidation sites excluding steroid dienone is 2. The minimum absolute atomic E-state index is 0.00825. The van der Waals surface area contributed by atoms with Crippen LogP contribution in [0, 0.1) is 11.3 Å². The lowest BCUT2D eigenvalue weighted by atomic mass is 9.62. The van der Waals surface area contributed by atoms with Gasteiger partial charge in [-0.05, 0) is 36.6 Å². The summed E-state index contributed by atoms with van der Waals surface area (Å²) in [6.45, 7) is 7.31. The van der Waals surface area contributed by atoms with Gasteiger partial charge in [0.15, 0.2) is 17.3 Å². The van der Waals surface area contributed by atoms with Gasteiger partial charge < -0.3 is 18.9 Å². The molecule has 1 aliphatic carbocycles. The van der Waals surface area contributed by atoms with Crippen molar-refractivity contribution in [1.82, 2.24) is 0 Å². The van der Waals surface area contributed by atoms with Gasteiger partial charge in [-0.15, -0.1) is 6.58 Å². The fourth-order valence-corrected chi connectivity index (χ4v) is 4.11. The molecule has 1 aliphatic heterocycles. The van der Waals surface area contributed by atoms with Crippen molar-refractivity contribution in [2.24, 2.45) is 11.3 Å². The molecule has 0 radical (unpaired) electrons. The lowest BCUT2D eigenvalue weighted by molar-refractivity contribution is -0.156. The van der Waals surface area contributed by atoms with Gasteiger partial charge in [0.05, 0.1) is 6.10 Å². The lowest BCUT2D eigenvalue weighted by Crippen LogP contribution is -2.45. The topological polar surface area (TPSA) is 71.1 Å². The van der Waals surface area contributed by atoms with Gasteiger partial charge in [0.2, 0.25) is 6.79 Å². The van der Waals surface area contributed by atoms with Crippen LogP contribution in [-0.4, -0.2) is 31.8 Å². The maximum absolute atomic E-state index is 13.0. The SMILES string of the molecule is C=CC[C@]1(C(C)C(OC(C)=O)c2ccc3c(c2)OCO3)C[C@@H](OC)C=CC1=O. The van der Waals surface area contributed by atoms with Crippen LogP contribution < -0.4 is 9.47 Å². The Morgan fingerprint density at radius 3 is 2.82 bits per heavy atom. The van der Waals surface area contributed by atoms with Crippen molar-refractivity contribution in [3.8, 4) is 11.5 Å². The lowest BCUT2D eigenvalue weighted by Gasteiger charge is -2.43. The Balaban J connectivity index is 2.02. The molecule has 4 atom stereocenters. The molecule has 0 aromatic heterocycles. The number of carbonyl (C=O) groups is 2. The van der Waals surface area contributed by atoms with Crippen molar-refractivity contribution < 1.29 is 28.5 Å². The summed E-state index contributed by atoms with van der Waals surface area (Å²) in [4.78, 5) is 24.9. The number of ether oxygens (including phenoxy) is 4. The first-order chi connectivity index (χ1) is 13.4. The molecule has 0 fully saturated rings. The van der Waals surface area contributed by atoms with Crippen molar-refractivity contribution in [3.63, 3.8) is 0 Å². The highest BCUT2D eigenvalue weighted by Crippen LogP contribution is 2.49. The second kappa shape index (κ2) is 8.19. The van der Waals surface area contributed by atoms with Crippen molar-refractivity contribution in [2.75, 3.05) is 13.9 Å². The third-order valence-electron chi connectivity index (χ3n) is 5.67. The first kappa shape index (κ1) is 20.1. The Labute approximate surface area is 165 Å². The van der Waals surface area contributed by atoms with Crippen LogP contribution in [0.15, 0.2) is 43.0 Å². The zero-order valence-corrected chi connectivity index (χ0v) is 16.5. The predicted molar refractivity (Wildman–Crippen MR) is 103 cm³/mol. The normalized spacial score (nSPS) is 25.2. The fraction of sp³-hybridized carbons (Fsp3) is 0.455. The smallest absolute Gasteiger partial charge is 0.303 e. The molecule has 1 aromatic carbocycles. The Kier molecular flexibility index (Phi) is 5.89. The molecule has 150 valence electrons. The van der Waals surface area contributed by atoms with Gasteiger partial charge in [-0.1, -0.05) is 25.1 Å². The highest BCUT2D eigenvalue weighted by molar-refractivity contribution is 5.96. The predicted octanol–water partition coefficient (Wildman–Crippen LogP) is 3.76. The molecule has 1 heterocycles. The molecular weight excluding hydrogens is 360 g/mol. The number of hydrogen-bond acceptors (Lipinski definition) is 6. The summed E-state index contributed by atoms with van der Waals surface area (Å²) in [6.07, 6.45) is 5.23. The van der Waals surface area contributed by atoms with E-state index in [1.165, 1.54) is 6.92 Å². The average molecular weight is 386 g/mol. The maximum Gasteiger partial charge on any atom is 0.303 e. The van der Waals surface area contributed by atoms with E-state index in [0.29, 0.717) is 24.3 Å². The van der Waals surface area contributed by atoms with Crippen LogP contribution in [-0.2, 0) is 19.1 Å². The summed E-state index contributed by atoms with van der Waals surface area (Å²) in [5, 5.41) is 0. The minimum Gasteiger partial charge on any atom is -0.457 e. The molecule has 0 N–H and O–H groups in total. The van der Waals surface area contributed by atoms with E-state index in [1.54, 1.807) is 31.4 Å². The van der Waals surface area contributed by atoms with Gasteiger partial charge >= 0.3 is 5.97 Å². The molecule has 0 saturated carbocycles. The first-order valence-electron chi connectivity index (χ1n) is 9.34. The zero-order valence-electron chi connectivity index (χ0n) is 16.5. The van der Waals surface area contributed by atoms with Crippen LogP contribution in [0.4, 0.5) is 0 Å². The molecule has 6 heteroatoms. The molecule has 6 nitrogen and oxygen atoms in total. The Hall–Kier alpha value is -2.60. The standard InChI is InChI=1S/C22H26O6/c1-5-10-22(12-17(25-4)7-9-20(22)24)14(2)21(28-15(3)23)16-6-8-18-19(11-16)27-13-26-18/h5-9,11,14,17,21H,1,10,12-13H2,2-4H3/t14?,17-,21?,22+/m0/s1. The summed E-state index contributed by atoms with van der Waals surface area (Å²) in [5.74, 6) is 0.514. The molecule has 0 amide bonds. The monoisotopic (exact) mass is 386 g/mol. The van der Waals surface area contributed by atoms with E-state index in [4.69, 9.17) is 18.9 Å². The van der Waals surface area contributed by atoms with E-state index >= 15 is 0 Å². The van der Waals surface area contributed by atoms with Gasteiger partial charge in [0.1, 0.15) is 6.10 Å². The van der Waals surface area contributed by atoms with Gasteiger partial charge in [-0.3, -0.25) is 9.59 Å². The average Bonchev–Trinajstić information content (AvgIpc) is 3.15. The number of esters is 1. The van der Waals surface area contributed by atoms with Gasteiger partial charge in [-0.2, -0.15) is 0 Å². The molecular formula is C22H26O6. The summed E-state index contributed by atoms with van der Waals surface area (Å²) in [6, 6.07) is 5.45. The Bertz CT molecular complexity index is 798. The van der Waals surface area contributed by atoms with E-state index < -0.39 is 17.5 Å². The second-order valence-corrected chi connectivity index (χ2v) is 7.28. The van der Waals surface area contributed by atoms with Crippen LogP contribution in [0.5, 0.6) is 11.5 Å². The molecule has 28 heavy (non-hydrogen) atoms. The number of carbonyl (C=O) groups excluding carboxylic acids is 2. The van der Waals surface area contributed by atoms with Crippen molar-refractivity contribution in [2.45, 2.75) is 38.9 Å².